The largest absolute Gasteiger partial charge is 0.480 e. The van der Waals surface area contributed by atoms with Crippen LogP contribution in [0.25, 0.3) is 0 Å². The molecule has 0 bridgehead atoms. The first-order chi connectivity index (χ1) is 13.8. The van der Waals surface area contributed by atoms with Crippen LogP contribution in [-0.4, -0.2) is 94.4 Å². The fourth-order valence-corrected chi connectivity index (χ4v) is 3.07. The van der Waals surface area contributed by atoms with E-state index in [-0.39, 0.29) is 13.0 Å². The van der Waals surface area contributed by atoms with Crippen LogP contribution in [0, 0.1) is 0 Å². The predicted molar refractivity (Wildman–Crippen MR) is 101 cm³/mol. The molecule has 0 saturated carbocycles. The molecular formula is C17H31N5O7. The Labute approximate surface area is 168 Å². The Kier molecular flexibility index (Phi) is 10.5. The summed E-state index contributed by atoms with van der Waals surface area (Å²) in [6.45, 7) is -0.711. The first-order valence-electron chi connectivity index (χ1n) is 9.58. The molecule has 1 fully saturated rings. The Bertz CT molecular complexity index is 589. The second-order valence-electron chi connectivity index (χ2n) is 6.91. The topological polar surface area (TPSA) is 208 Å². The van der Waals surface area contributed by atoms with Crippen molar-refractivity contribution < 1.29 is 34.5 Å². The fraction of sp³-hybridized carbons (Fsp3) is 0.765. The Morgan fingerprint density at radius 2 is 1.76 bits per heavy atom. The Morgan fingerprint density at radius 3 is 2.31 bits per heavy atom. The smallest absolute Gasteiger partial charge is 0.326 e. The summed E-state index contributed by atoms with van der Waals surface area (Å²) in [6.07, 6.45) is 2.21. The number of carbonyl (C=O) groups is 4. The van der Waals surface area contributed by atoms with Crippen LogP contribution in [0.3, 0.4) is 0 Å². The lowest BCUT2D eigenvalue weighted by molar-refractivity contribution is -0.145. The maximum atomic E-state index is 12.7. The number of carbonyl (C=O) groups excluding carboxylic acids is 3. The third kappa shape index (κ3) is 7.24. The standard InChI is InChI=1S/C17H31N5O7/c18-6-2-1-4-11(17(28)29)20-15(26)13-5-3-7-22(13)16(27)12(9-24)21-14(25)10(19)8-23/h10-13,23-24H,1-9,18-19H2,(H,20,26)(H,21,25)(H,28,29). The van der Waals surface area contributed by atoms with Crippen molar-refractivity contribution in [2.75, 3.05) is 26.3 Å². The van der Waals surface area contributed by atoms with Gasteiger partial charge in [0.05, 0.1) is 13.2 Å². The fourth-order valence-electron chi connectivity index (χ4n) is 3.07. The van der Waals surface area contributed by atoms with Crippen molar-refractivity contribution in [2.45, 2.75) is 56.3 Å². The van der Waals surface area contributed by atoms with Gasteiger partial charge in [-0.2, -0.15) is 0 Å². The molecule has 0 aliphatic carbocycles. The van der Waals surface area contributed by atoms with E-state index in [2.05, 4.69) is 10.6 Å². The maximum Gasteiger partial charge on any atom is 0.326 e. The van der Waals surface area contributed by atoms with Gasteiger partial charge in [-0.3, -0.25) is 14.4 Å². The highest BCUT2D eigenvalue weighted by atomic mass is 16.4. The molecule has 1 saturated heterocycles. The highest BCUT2D eigenvalue weighted by molar-refractivity contribution is 5.94. The highest BCUT2D eigenvalue weighted by Crippen LogP contribution is 2.19. The number of aliphatic hydroxyl groups excluding tert-OH is 2. The molecule has 4 unspecified atom stereocenters. The molecule has 9 N–H and O–H groups in total. The number of aliphatic hydroxyl groups is 2. The minimum atomic E-state index is -1.33. The van der Waals surface area contributed by atoms with Gasteiger partial charge in [-0.25, -0.2) is 4.79 Å². The minimum absolute atomic E-state index is 0.216. The van der Waals surface area contributed by atoms with Crippen molar-refractivity contribution >= 4 is 23.7 Å². The summed E-state index contributed by atoms with van der Waals surface area (Å²) in [7, 11) is 0. The third-order valence-corrected chi connectivity index (χ3v) is 4.73. The predicted octanol–water partition coefficient (Wildman–Crippen LogP) is -3.53. The van der Waals surface area contributed by atoms with E-state index in [9.17, 15) is 29.4 Å². The van der Waals surface area contributed by atoms with Gasteiger partial charge in [0.15, 0.2) is 0 Å². The molecule has 1 aliphatic heterocycles. The Morgan fingerprint density at radius 1 is 1.07 bits per heavy atom. The van der Waals surface area contributed by atoms with Crippen molar-refractivity contribution in [3.63, 3.8) is 0 Å². The summed E-state index contributed by atoms with van der Waals surface area (Å²) in [5.41, 5.74) is 10.8. The van der Waals surface area contributed by atoms with E-state index in [0.29, 0.717) is 32.2 Å². The molecule has 0 aromatic carbocycles. The van der Waals surface area contributed by atoms with Crippen molar-refractivity contribution in [3.05, 3.63) is 0 Å². The van der Waals surface area contributed by atoms with Gasteiger partial charge in [0.25, 0.3) is 0 Å². The second-order valence-corrected chi connectivity index (χ2v) is 6.91. The molecule has 12 heteroatoms. The molecule has 29 heavy (non-hydrogen) atoms. The number of amides is 3. The number of nitrogens with one attached hydrogen (secondary N) is 2. The summed E-state index contributed by atoms with van der Waals surface area (Å²) in [5.74, 6) is -3.28. The highest BCUT2D eigenvalue weighted by Gasteiger charge is 2.38. The average Bonchev–Trinajstić information content (AvgIpc) is 3.19. The second kappa shape index (κ2) is 12.3. The molecule has 3 amide bonds. The summed E-state index contributed by atoms with van der Waals surface area (Å²) in [4.78, 5) is 49.7. The first kappa shape index (κ1) is 24.8. The molecule has 1 heterocycles. The number of rotatable bonds is 12. The summed E-state index contributed by atoms with van der Waals surface area (Å²) in [5, 5.41) is 32.4. The van der Waals surface area contributed by atoms with Gasteiger partial charge >= 0.3 is 5.97 Å². The van der Waals surface area contributed by atoms with E-state index < -0.39 is 61.1 Å². The van der Waals surface area contributed by atoms with Gasteiger partial charge in [-0.05, 0) is 38.6 Å². The molecule has 1 rings (SSSR count). The number of nitrogens with two attached hydrogens (primary N) is 2. The monoisotopic (exact) mass is 417 g/mol. The molecule has 0 spiro atoms. The zero-order valence-electron chi connectivity index (χ0n) is 16.2. The van der Waals surface area contributed by atoms with Gasteiger partial charge in [0.2, 0.25) is 17.7 Å². The van der Waals surface area contributed by atoms with Crippen LogP contribution in [0.5, 0.6) is 0 Å². The van der Waals surface area contributed by atoms with Gasteiger partial charge in [0, 0.05) is 6.54 Å². The van der Waals surface area contributed by atoms with Gasteiger partial charge < -0.3 is 42.3 Å². The quantitative estimate of drug-likeness (QED) is 0.157. The van der Waals surface area contributed by atoms with E-state index in [1.54, 1.807) is 0 Å². The Hall–Kier alpha value is -2.28. The van der Waals surface area contributed by atoms with Gasteiger partial charge in [0.1, 0.15) is 24.2 Å². The van der Waals surface area contributed by atoms with E-state index in [4.69, 9.17) is 16.6 Å². The molecule has 4 atom stereocenters. The van der Waals surface area contributed by atoms with Gasteiger partial charge in [-0.15, -0.1) is 0 Å². The molecule has 0 aromatic heterocycles. The van der Waals surface area contributed by atoms with Crippen LogP contribution in [0.15, 0.2) is 0 Å². The minimum Gasteiger partial charge on any atom is -0.480 e. The number of aliphatic carboxylic acids is 1. The van der Waals surface area contributed by atoms with Crippen molar-refractivity contribution in [2.24, 2.45) is 11.5 Å². The zero-order valence-corrected chi connectivity index (χ0v) is 16.2. The normalized spacial score (nSPS) is 19.3. The van der Waals surface area contributed by atoms with Crippen LogP contribution < -0.4 is 22.1 Å². The molecule has 0 aromatic rings. The number of hydrogen-bond acceptors (Lipinski definition) is 8. The van der Waals surface area contributed by atoms with Gasteiger partial charge in [-0.1, -0.05) is 0 Å². The lowest BCUT2D eigenvalue weighted by Gasteiger charge is -2.29. The average molecular weight is 417 g/mol. The van der Waals surface area contributed by atoms with E-state index >= 15 is 0 Å². The number of hydrogen-bond donors (Lipinski definition) is 7. The van der Waals surface area contributed by atoms with Crippen molar-refractivity contribution in [1.29, 1.82) is 0 Å². The molecule has 166 valence electrons. The zero-order chi connectivity index (χ0) is 22.0. The van der Waals surface area contributed by atoms with Crippen LogP contribution in [0.4, 0.5) is 0 Å². The van der Waals surface area contributed by atoms with E-state index in [1.165, 1.54) is 4.90 Å². The number of likely N-dealkylation sites (tertiary alicyclic amines) is 1. The van der Waals surface area contributed by atoms with Crippen LogP contribution in [0.1, 0.15) is 32.1 Å². The molecule has 1 aliphatic rings. The summed E-state index contributed by atoms with van der Waals surface area (Å²) < 4.78 is 0. The van der Waals surface area contributed by atoms with Crippen LogP contribution >= 0.6 is 0 Å². The SMILES string of the molecule is NCCCCC(NC(=O)C1CCCN1C(=O)C(CO)NC(=O)C(N)CO)C(=O)O. The number of nitrogens with zero attached hydrogens (tertiary/aromatic N) is 1. The molecular weight excluding hydrogens is 386 g/mol. The maximum absolute atomic E-state index is 12.7. The number of unbranched alkanes of at least 4 members (excludes halogenated alkanes) is 1. The molecule has 12 nitrogen and oxygen atoms in total. The lowest BCUT2D eigenvalue weighted by atomic mass is 10.1. The summed E-state index contributed by atoms with van der Waals surface area (Å²) >= 11 is 0. The first-order valence-corrected chi connectivity index (χ1v) is 9.58. The molecule has 0 radical (unpaired) electrons. The third-order valence-electron chi connectivity index (χ3n) is 4.73. The van der Waals surface area contributed by atoms with E-state index in [0.717, 1.165) is 0 Å². The van der Waals surface area contributed by atoms with Crippen LogP contribution in [0.2, 0.25) is 0 Å². The summed E-state index contributed by atoms with van der Waals surface area (Å²) in [6, 6.07) is -4.58. The Balaban J connectivity index is 2.78. The van der Waals surface area contributed by atoms with Crippen LogP contribution in [-0.2, 0) is 19.2 Å². The van der Waals surface area contributed by atoms with E-state index in [1.807, 2.05) is 0 Å². The number of carboxylic acid groups (broad SMARTS) is 1. The van der Waals surface area contributed by atoms with Crippen molar-refractivity contribution in [1.82, 2.24) is 15.5 Å². The van der Waals surface area contributed by atoms with Crippen molar-refractivity contribution in [3.8, 4) is 0 Å². The number of carboxylic acids is 1. The lowest BCUT2D eigenvalue weighted by Crippen LogP contribution is -2.58.